The highest BCUT2D eigenvalue weighted by Crippen LogP contribution is 2.29. The van der Waals surface area contributed by atoms with E-state index in [1.54, 1.807) is 0 Å². The van der Waals surface area contributed by atoms with Crippen LogP contribution in [0, 0.1) is 11.8 Å². The van der Waals surface area contributed by atoms with Gasteiger partial charge in [0.2, 0.25) is 10.0 Å². The molecule has 1 fully saturated rings. The Kier molecular flexibility index (Phi) is 4.75. The summed E-state index contributed by atoms with van der Waals surface area (Å²) in [5, 5.41) is 9.10. The number of sulfonamides is 1. The Balaban J connectivity index is 2.36. The van der Waals surface area contributed by atoms with E-state index in [1.807, 2.05) is 6.92 Å². The Hall–Kier alpha value is -0.920. The van der Waals surface area contributed by atoms with Crippen LogP contribution in [0.2, 0.25) is 0 Å². The topological polar surface area (TPSA) is 74.7 Å². The minimum absolute atomic E-state index is 0.0323. The van der Waals surface area contributed by atoms with E-state index in [-0.39, 0.29) is 10.5 Å². The van der Waals surface area contributed by atoms with Crippen molar-refractivity contribution in [3.8, 4) is 0 Å². The molecule has 1 N–H and O–H groups in total. The zero-order valence-corrected chi connectivity index (χ0v) is 14.3. The van der Waals surface area contributed by atoms with E-state index in [0.29, 0.717) is 29.4 Å². The molecular weight excluding hydrogens is 358 g/mol. The van der Waals surface area contributed by atoms with E-state index in [2.05, 4.69) is 22.9 Å². The Labute approximate surface area is 133 Å². The van der Waals surface area contributed by atoms with Crippen LogP contribution < -0.4 is 0 Å². The number of carbonyl (C=O) groups is 1. The van der Waals surface area contributed by atoms with Crippen LogP contribution in [0.25, 0.3) is 0 Å². The Morgan fingerprint density at radius 2 is 2.00 bits per heavy atom. The molecule has 2 atom stereocenters. The molecule has 0 spiro atoms. The fourth-order valence-corrected chi connectivity index (χ4v) is 4.42. The molecule has 21 heavy (non-hydrogen) atoms. The van der Waals surface area contributed by atoms with Crippen LogP contribution in [-0.2, 0) is 10.0 Å². The highest BCUT2D eigenvalue weighted by atomic mass is 79.9. The molecule has 2 rings (SSSR count). The van der Waals surface area contributed by atoms with Crippen molar-refractivity contribution in [3.63, 3.8) is 0 Å². The van der Waals surface area contributed by atoms with Crippen LogP contribution in [-0.4, -0.2) is 36.9 Å². The SMILES string of the molecule is CC1CCN(S(=O)(=O)c2ccc(Br)c(C(=O)O)c2)CC1C. The number of carboxylic acids is 1. The number of halogens is 1. The first-order valence-corrected chi connectivity index (χ1v) is 8.99. The lowest BCUT2D eigenvalue weighted by Crippen LogP contribution is -2.42. The van der Waals surface area contributed by atoms with Crippen LogP contribution in [0.15, 0.2) is 27.6 Å². The monoisotopic (exact) mass is 375 g/mol. The molecule has 7 heteroatoms. The van der Waals surface area contributed by atoms with Gasteiger partial charge >= 0.3 is 5.97 Å². The molecule has 1 aliphatic rings. The molecule has 1 aliphatic heterocycles. The molecule has 116 valence electrons. The summed E-state index contributed by atoms with van der Waals surface area (Å²) in [6, 6.07) is 4.12. The summed E-state index contributed by atoms with van der Waals surface area (Å²) >= 11 is 3.12. The van der Waals surface area contributed by atoms with Gasteiger partial charge in [0.1, 0.15) is 0 Å². The Morgan fingerprint density at radius 3 is 2.57 bits per heavy atom. The molecule has 1 heterocycles. The molecule has 1 aromatic rings. The van der Waals surface area contributed by atoms with Crippen molar-refractivity contribution in [3.05, 3.63) is 28.2 Å². The van der Waals surface area contributed by atoms with Gasteiger partial charge in [0.15, 0.2) is 0 Å². The molecule has 0 amide bonds. The second-order valence-electron chi connectivity index (χ2n) is 5.55. The predicted octanol–water partition coefficient (Wildman–Crippen LogP) is 2.81. The number of carboxylic acid groups (broad SMARTS) is 1. The maximum absolute atomic E-state index is 12.6. The third kappa shape index (κ3) is 3.30. The summed E-state index contributed by atoms with van der Waals surface area (Å²) in [6.45, 7) is 5.11. The molecule has 0 aromatic heterocycles. The lowest BCUT2D eigenvalue weighted by molar-refractivity contribution is 0.0695. The van der Waals surface area contributed by atoms with Gasteiger partial charge in [-0.05, 0) is 52.4 Å². The third-order valence-corrected chi connectivity index (χ3v) is 6.66. The van der Waals surface area contributed by atoms with E-state index in [4.69, 9.17) is 5.11 Å². The van der Waals surface area contributed by atoms with Crippen LogP contribution in [0.1, 0.15) is 30.6 Å². The summed E-state index contributed by atoms with van der Waals surface area (Å²) < 4.78 is 27.1. The van der Waals surface area contributed by atoms with Crippen molar-refractivity contribution >= 4 is 31.9 Å². The van der Waals surface area contributed by atoms with Gasteiger partial charge < -0.3 is 5.11 Å². The number of nitrogens with zero attached hydrogens (tertiary/aromatic N) is 1. The molecule has 2 unspecified atom stereocenters. The average molecular weight is 376 g/mol. The molecular formula is C14H18BrNO4S. The van der Waals surface area contributed by atoms with Gasteiger partial charge in [0.25, 0.3) is 0 Å². The summed E-state index contributed by atoms with van der Waals surface area (Å²) in [5.74, 6) is -0.363. The van der Waals surface area contributed by atoms with E-state index < -0.39 is 16.0 Å². The maximum Gasteiger partial charge on any atom is 0.336 e. The summed E-state index contributed by atoms with van der Waals surface area (Å²) in [7, 11) is -3.64. The Bertz CT molecular complexity index is 659. The van der Waals surface area contributed by atoms with E-state index >= 15 is 0 Å². The van der Waals surface area contributed by atoms with Crippen molar-refractivity contribution in [2.45, 2.75) is 25.2 Å². The van der Waals surface area contributed by atoms with Crippen LogP contribution in [0.5, 0.6) is 0 Å². The van der Waals surface area contributed by atoms with Gasteiger partial charge in [-0.25, -0.2) is 13.2 Å². The van der Waals surface area contributed by atoms with Crippen molar-refractivity contribution in [2.75, 3.05) is 13.1 Å². The molecule has 1 aromatic carbocycles. The molecule has 0 radical (unpaired) electrons. The summed E-state index contributed by atoms with van der Waals surface area (Å²) in [6.07, 6.45) is 0.822. The first-order valence-electron chi connectivity index (χ1n) is 6.76. The van der Waals surface area contributed by atoms with Crippen LogP contribution in [0.3, 0.4) is 0 Å². The largest absolute Gasteiger partial charge is 0.478 e. The first kappa shape index (κ1) is 16.5. The van der Waals surface area contributed by atoms with Crippen molar-refractivity contribution < 1.29 is 18.3 Å². The number of hydrogen-bond donors (Lipinski definition) is 1. The smallest absolute Gasteiger partial charge is 0.336 e. The van der Waals surface area contributed by atoms with Gasteiger partial charge in [0, 0.05) is 17.6 Å². The second kappa shape index (κ2) is 6.06. The number of hydrogen-bond acceptors (Lipinski definition) is 3. The third-order valence-electron chi connectivity index (χ3n) is 4.10. The predicted molar refractivity (Wildman–Crippen MR) is 82.8 cm³/mol. The zero-order chi connectivity index (χ0) is 15.8. The standard InChI is InChI=1S/C14H18BrNO4S/c1-9-5-6-16(8-10(9)2)21(19,20)11-3-4-13(15)12(7-11)14(17)18/h3-4,7,9-10H,5-6,8H2,1-2H3,(H,17,18). The molecule has 0 bridgehead atoms. The summed E-state index contributed by atoms with van der Waals surface area (Å²) in [5.41, 5.74) is -0.0468. The van der Waals surface area contributed by atoms with Crippen molar-refractivity contribution in [1.82, 2.24) is 4.31 Å². The van der Waals surface area contributed by atoms with Crippen LogP contribution >= 0.6 is 15.9 Å². The van der Waals surface area contributed by atoms with E-state index in [0.717, 1.165) is 6.42 Å². The number of rotatable bonds is 3. The Morgan fingerprint density at radius 1 is 1.33 bits per heavy atom. The minimum atomic E-state index is -3.64. The number of aromatic carboxylic acids is 1. The lowest BCUT2D eigenvalue weighted by Gasteiger charge is -2.34. The molecule has 1 saturated heterocycles. The maximum atomic E-state index is 12.6. The second-order valence-corrected chi connectivity index (χ2v) is 8.35. The fourth-order valence-electron chi connectivity index (χ4n) is 2.42. The molecule has 0 saturated carbocycles. The van der Waals surface area contributed by atoms with Gasteiger partial charge in [0.05, 0.1) is 10.5 Å². The van der Waals surface area contributed by atoms with Crippen molar-refractivity contribution in [2.24, 2.45) is 11.8 Å². The fraction of sp³-hybridized carbons (Fsp3) is 0.500. The number of piperidine rings is 1. The lowest BCUT2D eigenvalue weighted by atomic mass is 9.90. The van der Waals surface area contributed by atoms with E-state index in [1.165, 1.54) is 22.5 Å². The highest BCUT2D eigenvalue weighted by molar-refractivity contribution is 9.10. The van der Waals surface area contributed by atoms with Gasteiger partial charge in [-0.2, -0.15) is 4.31 Å². The molecule has 0 aliphatic carbocycles. The van der Waals surface area contributed by atoms with Gasteiger partial charge in [-0.15, -0.1) is 0 Å². The minimum Gasteiger partial charge on any atom is -0.478 e. The quantitative estimate of drug-likeness (QED) is 0.880. The zero-order valence-electron chi connectivity index (χ0n) is 11.9. The van der Waals surface area contributed by atoms with Crippen molar-refractivity contribution in [1.29, 1.82) is 0 Å². The van der Waals surface area contributed by atoms with E-state index in [9.17, 15) is 13.2 Å². The van der Waals surface area contributed by atoms with Gasteiger partial charge in [-0.3, -0.25) is 0 Å². The average Bonchev–Trinajstić information content (AvgIpc) is 2.41. The number of benzene rings is 1. The summed E-state index contributed by atoms with van der Waals surface area (Å²) in [4.78, 5) is 11.2. The highest BCUT2D eigenvalue weighted by Gasteiger charge is 2.32. The normalized spacial score (nSPS) is 24.0. The van der Waals surface area contributed by atoms with Crippen LogP contribution in [0.4, 0.5) is 0 Å². The first-order chi connectivity index (χ1) is 9.73. The van der Waals surface area contributed by atoms with Gasteiger partial charge in [-0.1, -0.05) is 13.8 Å². The molecule has 5 nitrogen and oxygen atoms in total.